The van der Waals surface area contributed by atoms with Crippen molar-refractivity contribution in [3.05, 3.63) is 69.4 Å². The van der Waals surface area contributed by atoms with Gasteiger partial charge in [0, 0.05) is 16.5 Å². The molecule has 0 atom stereocenters. The van der Waals surface area contributed by atoms with Gasteiger partial charge >= 0.3 is 5.97 Å². The maximum absolute atomic E-state index is 10.6. The van der Waals surface area contributed by atoms with Crippen molar-refractivity contribution in [3.8, 4) is 22.8 Å². The Hall–Kier alpha value is -2.63. The molecule has 0 bridgehead atoms. The summed E-state index contributed by atoms with van der Waals surface area (Å²) in [5.41, 5.74) is 3.05. The topological polar surface area (TPSA) is 79.9 Å². The molecule has 0 unspecified atom stereocenters. The zero-order valence-electron chi connectivity index (χ0n) is 14.3. The van der Waals surface area contributed by atoms with E-state index < -0.39 is 12.6 Å². The van der Waals surface area contributed by atoms with Gasteiger partial charge in [-0.2, -0.15) is 0 Å². The van der Waals surface area contributed by atoms with Crippen LogP contribution in [0, 0.1) is 6.92 Å². The minimum Gasteiger partial charge on any atom is -0.507 e. The Morgan fingerprint density at radius 2 is 1.85 bits per heavy atom. The Labute approximate surface area is 165 Å². The Morgan fingerprint density at radius 1 is 1.15 bits per heavy atom. The molecule has 0 radical (unpaired) electrons. The van der Waals surface area contributed by atoms with Crippen LogP contribution in [0.25, 0.3) is 11.3 Å². The summed E-state index contributed by atoms with van der Waals surface area (Å²) in [6, 6.07) is 10.1. The second-order valence-electron chi connectivity index (χ2n) is 6.01. The van der Waals surface area contributed by atoms with E-state index >= 15 is 0 Å². The minimum atomic E-state index is -1.09. The molecule has 0 spiro atoms. The summed E-state index contributed by atoms with van der Waals surface area (Å²) in [5.74, 6) is -0.0831. The lowest BCUT2D eigenvalue weighted by Gasteiger charge is -2.12. The number of aryl methyl sites for hydroxylation is 1. The SMILES string of the molecule is Cc1ccoc1-c1cc(Cc2c(Cl)cc(OCC(=O)O)cc2Cl)ccc1O. The number of carboxylic acids is 1. The third-order valence-corrected chi connectivity index (χ3v) is 4.70. The third-order valence-electron chi connectivity index (χ3n) is 4.03. The van der Waals surface area contributed by atoms with Crippen molar-refractivity contribution in [3.63, 3.8) is 0 Å². The summed E-state index contributed by atoms with van der Waals surface area (Å²) in [5, 5.41) is 19.6. The Bertz CT molecular complexity index is 971. The number of halogens is 2. The van der Waals surface area contributed by atoms with Crippen molar-refractivity contribution >= 4 is 29.2 Å². The van der Waals surface area contributed by atoms with Gasteiger partial charge in [0.15, 0.2) is 6.61 Å². The Balaban J connectivity index is 1.89. The number of hydrogen-bond acceptors (Lipinski definition) is 4. The van der Waals surface area contributed by atoms with Gasteiger partial charge in [-0.3, -0.25) is 0 Å². The number of phenols is 1. The number of hydrogen-bond donors (Lipinski definition) is 2. The molecule has 27 heavy (non-hydrogen) atoms. The molecular formula is C20H16Cl2O5. The molecule has 2 aromatic carbocycles. The van der Waals surface area contributed by atoms with Gasteiger partial charge in [0.1, 0.15) is 17.3 Å². The molecule has 0 aliphatic heterocycles. The second kappa shape index (κ2) is 7.94. The first kappa shape index (κ1) is 19.1. The number of aromatic hydroxyl groups is 1. The molecule has 3 aromatic rings. The smallest absolute Gasteiger partial charge is 0.341 e. The van der Waals surface area contributed by atoms with E-state index in [4.69, 9.17) is 37.5 Å². The third kappa shape index (κ3) is 4.38. The van der Waals surface area contributed by atoms with E-state index in [1.807, 2.05) is 19.1 Å². The summed E-state index contributed by atoms with van der Waals surface area (Å²) in [6.45, 7) is 1.42. The maximum Gasteiger partial charge on any atom is 0.341 e. The fourth-order valence-electron chi connectivity index (χ4n) is 2.70. The monoisotopic (exact) mass is 406 g/mol. The molecule has 1 aromatic heterocycles. The first-order valence-electron chi connectivity index (χ1n) is 8.04. The number of benzene rings is 2. The number of carbonyl (C=O) groups is 1. The fraction of sp³-hybridized carbons (Fsp3) is 0.150. The number of carboxylic acid groups (broad SMARTS) is 1. The number of rotatable bonds is 6. The van der Waals surface area contributed by atoms with Crippen molar-refractivity contribution < 1.29 is 24.2 Å². The molecular weight excluding hydrogens is 391 g/mol. The first-order chi connectivity index (χ1) is 12.8. The van der Waals surface area contributed by atoms with Gasteiger partial charge in [0.25, 0.3) is 0 Å². The normalized spacial score (nSPS) is 10.8. The standard InChI is InChI=1S/C20H16Cl2O5/c1-11-4-5-26-20(11)15-7-12(2-3-18(15)23)6-14-16(21)8-13(9-17(14)22)27-10-19(24)25/h2-5,7-9,23H,6,10H2,1H3,(H,24,25). The molecule has 0 amide bonds. The minimum absolute atomic E-state index is 0.117. The van der Waals surface area contributed by atoms with E-state index in [1.165, 1.54) is 12.1 Å². The van der Waals surface area contributed by atoms with Crippen LogP contribution in [-0.4, -0.2) is 22.8 Å². The Kier molecular flexibility index (Phi) is 5.63. The van der Waals surface area contributed by atoms with Crippen LogP contribution in [0.5, 0.6) is 11.5 Å². The van der Waals surface area contributed by atoms with Crippen LogP contribution in [0.4, 0.5) is 0 Å². The van der Waals surface area contributed by atoms with Gasteiger partial charge in [-0.15, -0.1) is 0 Å². The van der Waals surface area contributed by atoms with Gasteiger partial charge in [-0.05, 0) is 53.9 Å². The maximum atomic E-state index is 10.6. The van der Waals surface area contributed by atoms with Crippen LogP contribution in [0.1, 0.15) is 16.7 Å². The van der Waals surface area contributed by atoms with E-state index in [9.17, 15) is 9.90 Å². The summed E-state index contributed by atoms with van der Waals surface area (Å²) in [6.07, 6.45) is 1.99. The molecule has 140 valence electrons. The van der Waals surface area contributed by atoms with Crippen molar-refractivity contribution in [1.82, 2.24) is 0 Å². The number of aliphatic carboxylic acids is 1. The van der Waals surface area contributed by atoms with Crippen LogP contribution >= 0.6 is 23.2 Å². The summed E-state index contributed by atoms with van der Waals surface area (Å²) < 4.78 is 10.6. The van der Waals surface area contributed by atoms with E-state index in [1.54, 1.807) is 18.4 Å². The van der Waals surface area contributed by atoms with Crippen LogP contribution in [0.2, 0.25) is 10.0 Å². The average Bonchev–Trinajstić information content (AvgIpc) is 3.03. The van der Waals surface area contributed by atoms with E-state index in [0.29, 0.717) is 33.4 Å². The molecule has 1 heterocycles. The predicted octanol–water partition coefficient (Wildman–Crippen LogP) is 5.32. The highest BCUT2D eigenvalue weighted by atomic mass is 35.5. The van der Waals surface area contributed by atoms with Gasteiger partial charge < -0.3 is 19.4 Å². The predicted molar refractivity (Wildman–Crippen MR) is 103 cm³/mol. The number of ether oxygens (including phenoxy) is 1. The van der Waals surface area contributed by atoms with Crippen LogP contribution in [0.15, 0.2) is 47.1 Å². The van der Waals surface area contributed by atoms with Crippen LogP contribution in [-0.2, 0) is 11.2 Å². The molecule has 0 aliphatic rings. The largest absolute Gasteiger partial charge is 0.507 e. The highest BCUT2D eigenvalue weighted by Gasteiger charge is 2.15. The average molecular weight is 407 g/mol. The van der Waals surface area contributed by atoms with Gasteiger partial charge in [-0.1, -0.05) is 29.3 Å². The molecule has 0 aliphatic carbocycles. The molecule has 0 fully saturated rings. The zero-order valence-corrected chi connectivity index (χ0v) is 15.8. The molecule has 5 nitrogen and oxygen atoms in total. The lowest BCUT2D eigenvalue weighted by molar-refractivity contribution is -0.139. The quantitative estimate of drug-likeness (QED) is 0.578. The van der Waals surface area contributed by atoms with Crippen molar-refractivity contribution in [1.29, 1.82) is 0 Å². The van der Waals surface area contributed by atoms with Crippen molar-refractivity contribution in [2.75, 3.05) is 6.61 Å². The summed E-state index contributed by atoms with van der Waals surface area (Å²) in [7, 11) is 0. The van der Waals surface area contributed by atoms with Crippen molar-refractivity contribution in [2.45, 2.75) is 13.3 Å². The van der Waals surface area contributed by atoms with E-state index in [2.05, 4.69) is 0 Å². The summed E-state index contributed by atoms with van der Waals surface area (Å²) >= 11 is 12.6. The fourth-order valence-corrected chi connectivity index (χ4v) is 3.31. The molecule has 0 saturated carbocycles. The van der Waals surface area contributed by atoms with Gasteiger partial charge in [0.05, 0.1) is 11.8 Å². The number of phenolic OH excluding ortho intramolecular Hbond substituents is 1. The zero-order chi connectivity index (χ0) is 19.6. The number of furan rings is 1. The highest BCUT2D eigenvalue weighted by Crippen LogP contribution is 2.36. The highest BCUT2D eigenvalue weighted by molar-refractivity contribution is 6.36. The van der Waals surface area contributed by atoms with E-state index in [0.717, 1.165) is 11.1 Å². The Morgan fingerprint density at radius 3 is 2.44 bits per heavy atom. The lowest BCUT2D eigenvalue weighted by Crippen LogP contribution is -2.09. The van der Waals surface area contributed by atoms with Gasteiger partial charge in [-0.25, -0.2) is 4.79 Å². The second-order valence-corrected chi connectivity index (χ2v) is 6.82. The van der Waals surface area contributed by atoms with Gasteiger partial charge in [0.2, 0.25) is 0 Å². The van der Waals surface area contributed by atoms with E-state index in [-0.39, 0.29) is 11.5 Å². The lowest BCUT2D eigenvalue weighted by atomic mass is 10.00. The molecule has 3 rings (SSSR count). The van der Waals surface area contributed by atoms with Crippen LogP contribution < -0.4 is 4.74 Å². The van der Waals surface area contributed by atoms with Crippen LogP contribution in [0.3, 0.4) is 0 Å². The summed E-state index contributed by atoms with van der Waals surface area (Å²) in [4.78, 5) is 10.6. The molecule has 7 heteroatoms. The molecule has 0 saturated heterocycles. The first-order valence-corrected chi connectivity index (χ1v) is 8.79. The molecule has 2 N–H and O–H groups in total. The van der Waals surface area contributed by atoms with Crippen molar-refractivity contribution in [2.24, 2.45) is 0 Å².